The Hall–Kier alpha value is -1.16. The maximum atomic E-state index is 5.24. The molecule has 13 heavy (non-hydrogen) atoms. The zero-order chi connectivity index (χ0) is 8.84. The van der Waals surface area contributed by atoms with Crippen LogP contribution in [0.2, 0.25) is 0 Å². The molecule has 0 radical (unpaired) electrons. The molecule has 0 amide bonds. The van der Waals surface area contributed by atoms with Crippen molar-refractivity contribution in [1.29, 1.82) is 0 Å². The van der Waals surface area contributed by atoms with Crippen LogP contribution in [-0.4, -0.2) is 14.5 Å². The summed E-state index contributed by atoms with van der Waals surface area (Å²) in [4.78, 5) is 7.49. The number of H-pyrrole nitrogens is 1. The summed E-state index contributed by atoms with van der Waals surface area (Å²) in [6.45, 7) is 0. The summed E-state index contributed by atoms with van der Waals surface area (Å²) in [5, 5.41) is 0. The fraction of sp³-hybridized carbons (Fsp3) is 0.333. The topological polar surface area (TPSA) is 33.6 Å². The molecule has 0 aromatic carbocycles. The zero-order valence-corrected chi connectivity index (χ0v) is 7.84. The second kappa shape index (κ2) is 2.42. The Labute approximate surface area is 80.4 Å². The molecular weight excluding hydrogens is 182 g/mol. The lowest BCUT2D eigenvalue weighted by Crippen LogP contribution is -1.94. The minimum absolute atomic E-state index is 0.594. The van der Waals surface area contributed by atoms with E-state index in [2.05, 4.69) is 14.5 Å². The summed E-state index contributed by atoms with van der Waals surface area (Å²) in [6.07, 6.45) is 4.28. The van der Waals surface area contributed by atoms with E-state index in [4.69, 9.17) is 12.2 Å². The molecule has 1 N–H and O–H groups in total. The Morgan fingerprint density at radius 3 is 3.15 bits per heavy atom. The number of hydrogen-bond donors (Lipinski definition) is 1. The minimum atomic E-state index is 0.594. The number of nitrogens with one attached hydrogen (secondary N) is 1. The summed E-state index contributed by atoms with van der Waals surface area (Å²) in [5.41, 5.74) is 2.04. The van der Waals surface area contributed by atoms with E-state index >= 15 is 0 Å². The molecule has 0 unspecified atom stereocenters. The summed E-state index contributed by atoms with van der Waals surface area (Å²) >= 11 is 5.24. The number of pyridine rings is 1. The standard InChI is InChI=1S/C9H9N3S/c13-9-11-7-2-1-5-10-8(7)12(9)6-3-4-6/h1-2,5-6H,3-4H2,(H,11,13). The van der Waals surface area contributed by atoms with Crippen molar-refractivity contribution in [3.05, 3.63) is 23.1 Å². The molecule has 0 bridgehead atoms. The van der Waals surface area contributed by atoms with Crippen LogP contribution >= 0.6 is 12.2 Å². The normalized spacial score (nSPS) is 16.6. The lowest BCUT2D eigenvalue weighted by Gasteiger charge is -1.98. The molecule has 2 aromatic rings. The van der Waals surface area contributed by atoms with Gasteiger partial charge in [-0.05, 0) is 37.2 Å². The molecule has 1 saturated carbocycles. The van der Waals surface area contributed by atoms with Gasteiger partial charge in [0, 0.05) is 12.2 Å². The van der Waals surface area contributed by atoms with Crippen LogP contribution in [0.3, 0.4) is 0 Å². The number of hydrogen-bond acceptors (Lipinski definition) is 2. The smallest absolute Gasteiger partial charge is 0.179 e. The van der Waals surface area contributed by atoms with Gasteiger partial charge in [0.2, 0.25) is 0 Å². The molecule has 1 aliphatic carbocycles. The van der Waals surface area contributed by atoms with Gasteiger partial charge in [-0.15, -0.1) is 0 Å². The van der Waals surface area contributed by atoms with Crippen LogP contribution < -0.4 is 0 Å². The zero-order valence-electron chi connectivity index (χ0n) is 7.03. The van der Waals surface area contributed by atoms with Crippen LogP contribution in [0.1, 0.15) is 18.9 Å². The first-order valence-corrected chi connectivity index (χ1v) is 4.82. The third kappa shape index (κ3) is 1.02. The monoisotopic (exact) mass is 191 g/mol. The van der Waals surface area contributed by atoms with Gasteiger partial charge in [0.25, 0.3) is 0 Å². The molecule has 2 heterocycles. The number of imidazole rings is 1. The highest BCUT2D eigenvalue weighted by Gasteiger charge is 2.26. The number of fused-ring (bicyclic) bond motifs is 1. The van der Waals surface area contributed by atoms with E-state index in [1.165, 1.54) is 12.8 Å². The van der Waals surface area contributed by atoms with E-state index in [1.807, 2.05) is 18.3 Å². The fourth-order valence-electron chi connectivity index (χ4n) is 1.63. The molecule has 66 valence electrons. The molecule has 3 nitrogen and oxygen atoms in total. The second-order valence-electron chi connectivity index (χ2n) is 3.41. The Kier molecular flexibility index (Phi) is 1.35. The molecule has 1 fully saturated rings. The average Bonchev–Trinajstić information content (AvgIpc) is 2.88. The van der Waals surface area contributed by atoms with Gasteiger partial charge < -0.3 is 4.98 Å². The number of rotatable bonds is 1. The van der Waals surface area contributed by atoms with E-state index in [-0.39, 0.29) is 0 Å². The minimum Gasteiger partial charge on any atom is -0.329 e. The van der Waals surface area contributed by atoms with Crippen LogP contribution in [0.5, 0.6) is 0 Å². The van der Waals surface area contributed by atoms with E-state index < -0.39 is 0 Å². The molecule has 4 heteroatoms. The van der Waals surface area contributed by atoms with Crippen molar-refractivity contribution in [2.45, 2.75) is 18.9 Å². The predicted molar refractivity (Wildman–Crippen MR) is 53.2 cm³/mol. The van der Waals surface area contributed by atoms with Crippen molar-refractivity contribution in [3.8, 4) is 0 Å². The molecular formula is C9H9N3S. The lowest BCUT2D eigenvalue weighted by molar-refractivity contribution is 0.745. The Morgan fingerprint density at radius 1 is 1.54 bits per heavy atom. The first-order chi connectivity index (χ1) is 6.36. The molecule has 0 saturated heterocycles. The van der Waals surface area contributed by atoms with Gasteiger partial charge in [-0.2, -0.15) is 0 Å². The van der Waals surface area contributed by atoms with Gasteiger partial charge in [-0.1, -0.05) is 0 Å². The molecule has 3 rings (SSSR count). The molecule has 0 spiro atoms. The molecule has 0 aliphatic heterocycles. The number of aromatic nitrogens is 3. The maximum absolute atomic E-state index is 5.24. The van der Waals surface area contributed by atoms with Gasteiger partial charge >= 0.3 is 0 Å². The summed E-state index contributed by atoms with van der Waals surface area (Å²) in [7, 11) is 0. The van der Waals surface area contributed by atoms with Crippen molar-refractivity contribution < 1.29 is 0 Å². The van der Waals surface area contributed by atoms with Crippen LogP contribution in [-0.2, 0) is 0 Å². The highest BCUT2D eigenvalue weighted by Crippen LogP contribution is 2.36. The predicted octanol–water partition coefficient (Wildman–Crippen LogP) is 2.43. The number of aromatic amines is 1. The van der Waals surface area contributed by atoms with Crippen molar-refractivity contribution in [2.75, 3.05) is 0 Å². The fourth-order valence-corrected chi connectivity index (χ4v) is 1.98. The SMILES string of the molecule is S=c1[nH]c2cccnc2n1C1CC1. The molecule has 2 aromatic heterocycles. The summed E-state index contributed by atoms with van der Waals surface area (Å²) in [5.74, 6) is 0. The van der Waals surface area contributed by atoms with E-state index in [9.17, 15) is 0 Å². The van der Waals surface area contributed by atoms with Crippen molar-refractivity contribution in [3.63, 3.8) is 0 Å². The van der Waals surface area contributed by atoms with Gasteiger partial charge in [0.1, 0.15) is 0 Å². The van der Waals surface area contributed by atoms with Crippen molar-refractivity contribution in [1.82, 2.24) is 14.5 Å². The van der Waals surface area contributed by atoms with Gasteiger partial charge in [-0.3, -0.25) is 4.57 Å². The average molecular weight is 191 g/mol. The van der Waals surface area contributed by atoms with Gasteiger partial charge in [0.15, 0.2) is 10.4 Å². The third-order valence-electron chi connectivity index (χ3n) is 2.39. The second-order valence-corrected chi connectivity index (χ2v) is 3.79. The van der Waals surface area contributed by atoms with Crippen LogP contribution in [0.15, 0.2) is 18.3 Å². The first-order valence-electron chi connectivity index (χ1n) is 4.41. The van der Waals surface area contributed by atoms with Gasteiger partial charge in [-0.25, -0.2) is 4.98 Å². The maximum Gasteiger partial charge on any atom is 0.179 e. The molecule has 1 aliphatic rings. The Morgan fingerprint density at radius 2 is 2.38 bits per heavy atom. The summed E-state index contributed by atoms with van der Waals surface area (Å²) in [6, 6.07) is 4.53. The van der Waals surface area contributed by atoms with Gasteiger partial charge in [0.05, 0.1) is 5.52 Å². The van der Waals surface area contributed by atoms with E-state index in [0.717, 1.165) is 15.9 Å². The largest absolute Gasteiger partial charge is 0.329 e. The summed E-state index contributed by atoms with van der Waals surface area (Å²) < 4.78 is 2.93. The first kappa shape index (κ1) is 7.26. The van der Waals surface area contributed by atoms with Crippen molar-refractivity contribution in [2.24, 2.45) is 0 Å². The molecule has 0 atom stereocenters. The highest BCUT2D eigenvalue weighted by molar-refractivity contribution is 7.71. The van der Waals surface area contributed by atoms with Crippen LogP contribution in [0.25, 0.3) is 11.2 Å². The van der Waals surface area contributed by atoms with E-state index in [0.29, 0.717) is 6.04 Å². The van der Waals surface area contributed by atoms with Crippen LogP contribution in [0.4, 0.5) is 0 Å². The lowest BCUT2D eigenvalue weighted by atomic mass is 10.4. The van der Waals surface area contributed by atoms with E-state index in [1.54, 1.807) is 0 Å². The third-order valence-corrected chi connectivity index (χ3v) is 2.69. The Balaban J connectivity index is 2.41. The Bertz CT molecular complexity index is 507. The quantitative estimate of drug-likeness (QED) is 0.702. The van der Waals surface area contributed by atoms with Crippen molar-refractivity contribution >= 4 is 23.4 Å². The van der Waals surface area contributed by atoms with Crippen LogP contribution in [0, 0.1) is 4.77 Å². The highest BCUT2D eigenvalue weighted by atomic mass is 32.1. The number of nitrogens with zero attached hydrogens (tertiary/aromatic N) is 2.